The van der Waals surface area contributed by atoms with Crippen molar-refractivity contribution < 1.29 is 4.79 Å². The van der Waals surface area contributed by atoms with Crippen LogP contribution in [0.2, 0.25) is 0 Å². The molecular formula is C15H15BrN2O. The van der Waals surface area contributed by atoms with Gasteiger partial charge in [0.15, 0.2) is 0 Å². The van der Waals surface area contributed by atoms with E-state index in [0.29, 0.717) is 11.3 Å². The van der Waals surface area contributed by atoms with Crippen molar-refractivity contribution in [3.05, 3.63) is 58.1 Å². The van der Waals surface area contributed by atoms with E-state index in [1.165, 1.54) is 0 Å². The summed E-state index contributed by atoms with van der Waals surface area (Å²) < 4.78 is 0.794. The average molecular weight is 319 g/mol. The van der Waals surface area contributed by atoms with Crippen molar-refractivity contribution in [2.24, 2.45) is 0 Å². The number of hydrogen-bond donors (Lipinski definition) is 1. The molecule has 0 aliphatic carbocycles. The quantitative estimate of drug-likeness (QED) is 0.860. The third-order valence-corrected chi connectivity index (χ3v) is 3.75. The third-order valence-electron chi connectivity index (χ3n) is 3.02. The Kier molecular flexibility index (Phi) is 3.90. The summed E-state index contributed by atoms with van der Waals surface area (Å²) in [5.74, 6) is -0.0755. The van der Waals surface area contributed by atoms with E-state index in [9.17, 15) is 4.79 Å². The lowest BCUT2D eigenvalue weighted by Gasteiger charge is -2.19. The van der Waals surface area contributed by atoms with Crippen LogP contribution in [0.25, 0.3) is 0 Å². The number of benzene rings is 2. The zero-order chi connectivity index (χ0) is 14.0. The van der Waals surface area contributed by atoms with Crippen LogP contribution in [0.15, 0.2) is 46.9 Å². The molecule has 3 nitrogen and oxygen atoms in total. The number of para-hydroxylation sites is 1. The fraction of sp³-hybridized carbons (Fsp3) is 0.133. The number of nitrogen functional groups attached to an aromatic ring is 1. The average Bonchev–Trinajstić information content (AvgIpc) is 2.41. The molecule has 98 valence electrons. The van der Waals surface area contributed by atoms with Gasteiger partial charge in [-0.3, -0.25) is 4.79 Å². The molecular weight excluding hydrogens is 304 g/mol. The highest BCUT2D eigenvalue weighted by atomic mass is 79.9. The number of nitrogens with two attached hydrogens (primary N) is 1. The lowest BCUT2D eigenvalue weighted by Crippen LogP contribution is -2.26. The minimum absolute atomic E-state index is 0.0755. The van der Waals surface area contributed by atoms with E-state index in [1.807, 2.05) is 31.2 Å². The standard InChI is InChI=1S/C15H15BrN2O/c1-10-5-3-4-6-14(10)18(2)15(19)11-7-8-12(16)13(17)9-11/h3-9H,17H2,1-2H3. The van der Waals surface area contributed by atoms with Crippen LogP contribution in [0.3, 0.4) is 0 Å². The number of amides is 1. The second-order valence-electron chi connectivity index (χ2n) is 4.39. The first kappa shape index (κ1) is 13.6. The van der Waals surface area contributed by atoms with Gasteiger partial charge >= 0.3 is 0 Å². The third kappa shape index (κ3) is 2.79. The van der Waals surface area contributed by atoms with Gasteiger partial charge in [-0.25, -0.2) is 0 Å². The maximum absolute atomic E-state index is 12.4. The summed E-state index contributed by atoms with van der Waals surface area (Å²) in [7, 11) is 1.77. The Bertz CT molecular complexity index is 625. The van der Waals surface area contributed by atoms with Gasteiger partial charge in [0.05, 0.1) is 0 Å². The smallest absolute Gasteiger partial charge is 0.258 e. The number of hydrogen-bond acceptors (Lipinski definition) is 2. The molecule has 0 fully saturated rings. The summed E-state index contributed by atoms with van der Waals surface area (Å²) in [5, 5.41) is 0. The van der Waals surface area contributed by atoms with E-state index in [2.05, 4.69) is 15.9 Å². The highest BCUT2D eigenvalue weighted by molar-refractivity contribution is 9.10. The Morgan fingerprint density at radius 1 is 1.21 bits per heavy atom. The number of halogens is 1. The molecule has 0 unspecified atom stereocenters. The Morgan fingerprint density at radius 2 is 1.89 bits per heavy atom. The molecule has 0 saturated heterocycles. The molecule has 0 heterocycles. The van der Waals surface area contributed by atoms with Crippen LogP contribution in [0.4, 0.5) is 11.4 Å². The first-order valence-electron chi connectivity index (χ1n) is 5.89. The number of aryl methyl sites for hydroxylation is 1. The molecule has 1 amide bonds. The zero-order valence-corrected chi connectivity index (χ0v) is 12.4. The lowest BCUT2D eigenvalue weighted by atomic mass is 10.1. The molecule has 0 saturated carbocycles. The molecule has 0 aliphatic heterocycles. The van der Waals surface area contributed by atoms with Gasteiger partial charge in [0.1, 0.15) is 0 Å². The summed E-state index contributed by atoms with van der Waals surface area (Å²) in [4.78, 5) is 14.1. The number of anilines is 2. The number of rotatable bonds is 2. The molecule has 2 rings (SSSR count). The Balaban J connectivity index is 2.34. The van der Waals surface area contributed by atoms with Crippen molar-refractivity contribution >= 4 is 33.2 Å². The molecule has 2 aromatic rings. The van der Waals surface area contributed by atoms with E-state index in [0.717, 1.165) is 15.7 Å². The van der Waals surface area contributed by atoms with E-state index < -0.39 is 0 Å². The molecule has 0 bridgehead atoms. The summed E-state index contributed by atoms with van der Waals surface area (Å²) >= 11 is 3.32. The van der Waals surface area contributed by atoms with Crippen LogP contribution in [0, 0.1) is 6.92 Å². The Labute approximate surface area is 121 Å². The predicted molar refractivity (Wildman–Crippen MR) is 82.5 cm³/mol. The highest BCUT2D eigenvalue weighted by Crippen LogP contribution is 2.23. The summed E-state index contributed by atoms with van der Waals surface area (Å²) in [5.41, 5.74) is 8.90. The van der Waals surface area contributed by atoms with Crippen LogP contribution >= 0.6 is 15.9 Å². The fourth-order valence-corrected chi connectivity index (χ4v) is 2.17. The van der Waals surface area contributed by atoms with Gasteiger partial charge in [-0.15, -0.1) is 0 Å². The minimum Gasteiger partial charge on any atom is -0.398 e. The van der Waals surface area contributed by atoms with Gasteiger partial charge < -0.3 is 10.6 Å². The number of carbonyl (C=O) groups excluding carboxylic acids is 1. The van der Waals surface area contributed by atoms with Crippen LogP contribution in [0.5, 0.6) is 0 Å². The first-order chi connectivity index (χ1) is 9.00. The zero-order valence-electron chi connectivity index (χ0n) is 10.9. The Hall–Kier alpha value is -1.81. The van der Waals surface area contributed by atoms with Crippen molar-refractivity contribution in [3.8, 4) is 0 Å². The predicted octanol–water partition coefficient (Wildman–Crippen LogP) is 3.62. The van der Waals surface area contributed by atoms with Gasteiger partial charge in [-0.05, 0) is 52.7 Å². The van der Waals surface area contributed by atoms with Crippen molar-refractivity contribution in [2.45, 2.75) is 6.92 Å². The molecule has 2 aromatic carbocycles. The van der Waals surface area contributed by atoms with Crippen LogP contribution in [-0.2, 0) is 0 Å². The van der Waals surface area contributed by atoms with Gasteiger partial charge in [0.2, 0.25) is 0 Å². The lowest BCUT2D eigenvalue weighted by molar-refractivity contribution is 0.0993. The van der Waals surface area contributed by atoms with Gasteiger partial charge in [0.25, 0.3) is 5.91 Å². The van der Waals surface area contributed by atoms with E-state index in [4.69, 9.17) is 5.73 Å². The van der Waals surface area contributed by atoms with E-state index >= 15 is 0 Å². The van der Waals surface area contributed by atoms with Crippen molar-refractivity contribution in [2.75, 3.05) is 17.7 Å². The molecule has 0 aromatic heterocycles. The van der Waals surface area contributed by atoms with Gasteiger partial charge in [-0.2, -0.15) is 0 Å². The molecule has 0 radical (unpaired) electrons. The monoisotopic (exact) mass is 318 g/mol. The minimum atomic E-state index is -0.0755. The second-order valence-corrected chi connectivity index (χ2v) is 5.24. The largest absolute Gasteiger partial charge is 0.398 e. The van der Waals surface area contributed by atoms with E-state index in [-0.39, 0.29) is 5.91 Å². The fourth-order valence-electron chi connectivity index (χ4n) is 1.92. The topological polar surface area (TPSA) is 46.3 Å². The molecule has 0 spiro atoms. The summed E-state index contributed by atoms with van der Waals surface area (Å²) in [6.07, 6.45) is 0. The normalized spacial score (nSPS) is 10.3. The molecule has 0 aliphatic rings. The maximum atomic E-state index is 12.4. The van der Waals surface area contributed by atoms with Crippen LogP contribution < -0.4 is 10.6 Å². The van der Waals surface area contributed by atoms with Crippen molar-refractivity contribution in [3.63, 3.8) is 0 Å². The Morgan fingerprint density at radius 3 is 2.53 bits per heavy atom. The molecule has 0 atom stereocenters. The number of carbonyl (C=O) groups is 1. The molecule has 19 heavy (non-hydrogen) atoms. The van der Waals surface area contributed by atoms with Crippen LogP contribution in [0.1, 0.15) is 15.9 Å². The molecule has 4 heteroatoms. The molecule has 2 N–H and O–H groups in total. The van der Waals surface area contributed by atoms with Crippen molar-refractivity contribution in [1.82, 2.24) is 0 Å². The maximum Gasteiger partial charge on any atom is 0.258 e. The van der Waals surface area contributed by atoms with Gasteiger partial charge in [0, 0.05) is 28.5 Å². The van der Waals surface area contributed by atoms with Crippen molar-refractivity contribution in [1.29, 1.82) is 0 Å². The SMILES string of the molecule is Cc1ccccc1N(C)C(=O)c1ccc(Br)c(N)c1. The number of nitrogens with zero attached hydrogens (tertiary/aromatic N) is 1. The van der Waals surface area contributed by atoms with Gasteiger partial charge in [-0.1, -0.05) is 18.2 Å². The second kappa shape index (κ2) is 5.45. The van der Waals surface area contributed by atoms with Crippen LogP contribution in [-0.4, -0.2) is 13.0 Å². The highest BCUT2D eigenvalue weighted by Gasteiger charge is 2.15. The van der Waals surface area contributed by atoms with E-state index in [1.54, 1.807) is 30.1 Å². The summed E-state index contributed by atoms with van der Waals surface area (Å²) in [6, 6.07) is 13.0. The first-order valence-corrected chi connectivity index (χ1v) is 6.68. The summed E-state index contributed by atoms with van der Waals surface area (Å²) in [6.45, 7) is 1.98.